The van der Waals surface area contributed by atoms with E-state index in [1.54, 1.807) is 4.90 Å². The summed E-state index contributed by atoms with van der Waals surface area (Å²) in [7, 11) is -2.55. The van der Waals surface area contributed by atoms with Gasteiger partial charge in [-0.25, -0.2) is 17.2 Å². The normalized spacial score (nSPS) is 21.5. The van der Waals surface area contributed by atoms with Gasteiger partial charge in [0.1, 0.15) is 21.7 Å². The highest BCUT2D eigenvalue weighted by atomic mass is 35.5. The number of amides is 2. The van der Waals surface area contributed by atoms with Crippen molar-refractivity contribution in [3.8, 4) is 0 Å². The molecule has 2 unspecified atom stereocenters. The van der Waals surface area contributed by atoms with Crippen molar-refractivity contribution in [1.82, 2.24) is 29.6 Å². The summed E-state index contributed by atoms with van der Waals surface area (Å²) < 4.78 is 57.5. The Morgan fingerprint density at radius 2 is 1.95 bits per heavy atom. The van der Waals surface area contributed by atoms with Gasteiger partial charge in [-0.3, -0.25) is 14.3 Å². The zero-order valence-corrected chi connectivity index (χ0v) is 25.4. The molecule has 1 aromatic carbocycles. The molecule has 0 bridgehead atoms. The zero-order valence-electron chi connectivity index (χ0n) is 23.8. The second-order valence-corrected chi connectivity index (χ2v) is 13.2. The maximum absolute atomic E-state index is 14.0. The monoisotopic (exact) mass is 630 g/mol. The molecule has 232 valence electrons. The smallest absolute Gasteiger partial charge is 0.248 e. The Kier molecular flexibility index (Phi) is 10.2. The van der Waals surface area contributed by atoms with Crippen molar-refractivity contribution in [1.29, 1.82) is 0 Å². The number of aryl methyl sites for hydroxylation is 2. The van der Waals surface area contributed by atoms with Gasteiger partial charge in [0.15, 0.2) is 0 Å². The second kappa shape index (κ2) is 13.3. The summed E-state index contributed by atoms with van der Waals surface area (Å²) in [5.74, 6) is -2.88. The maximum Gasteiger partial charge on any atom is 0.248 e. The fraction of sp³-hybridized carbons (Fsp3) is 0.593. The molecule has 1 aromatic heterocycles. The van der Waals surface area contributed by atoms with Gasteiger partial charge in [0.25, 0.3) is 0 Å². The summed E-state index contributed by atoms with van der Waals surface area (Å²) in [4.78, 5) is 27.3. The summed E-state index contributed by atoms with van der Waals surface area (Å²) in [5.41, 5.74) is 0.428. The Morgan fingerprint density at radius 1 is 1.26 bits per heavy atom. The Balaban J connectivity index is 1.55. The number of hydrogen-bond donors (Lipinski definition) is 3. The van der Waals surface area contributed by atoms with Gasteiger partial charge in [0, 0.05) is 58.3 Å². The molecule has 0 aliphatic carbocycles. The minimum atomic E-state index is -4.08. The lowest BCUT2D eigenvalue weighted by atomic mass is 9.94. The van der Waals surface area contributed by atoms with Crippen LogP contribution in [0.1, 0.15) is 37.4 Å². The molecule has 4 atom stereocenters. The van der Waals surface area contributed by atoms with Gasteiger partial charge in [0.2, 0.25) is 21.8 Å². The van der Waals surface area contributed by atoms with Crippen molar-refractivity contribution >= 4 is 33.4 Å². The van der Waals surface area contributed by atoms with Crippen molar-refractivity contribution in [2.75, 3.05) is 32.7 Å². The Hall–Kier alpha value is -2.65. The first kappa shape index (κ1) is 32.3. The quantitative estimate of drug-likeness (QED) is 0.341. The van der Waals surface area contributed by atoms with Crippen LogP contribution in [0.25, 0.3) is 0 Å². The lowest BCUT2D eigenvalue weighted by Crippen LogP contribution is -2.62. The molecule has 15 heteroatoms. The van der Waals surface area contributed by atoms with Crippen molar-refractivity contribution < 1.29 is 31.9 Å². The van der Waals surface area contributed by atoms with E-state index in [1.807, 2.05) is 6.92 Å². The number of carbonyl (C=O) groups excluding carboxylic acids is 2. The van der Waals surface area contributed by atoms with E-state index >= 15 is 0 Å². The highest BCUT2D eigenvalue weighted by Crippen LogP contribution is 2.28. The first-order chi connectivity index (χ1) is 19.8. The van der Waals surface area contributed by atoms with E-state index in [0.717, 1.165) is 31.0 Å². The standard InChI is InChI=1S/C27H37ClF2N6O5S/c1-4-5-7-35-14-18(12-23(35)37)27(39)32-21(11-17-9-19(29)13-20(30)10-17)24(38)22-15-36(8-6-31-22)42(40,41)25-16(2)33-34(3)26(25)28/h9-10,13,18,21-22,24,31,38H,4-8,11-12,14-15H2,1-3H3,(H,32,39)/t18?,21?,22-,24+/m1/s1. The van der Waals surface area contributed by atoms with Gasteiger partial charge in [-0.15, -0.1) is 0 Å². The molecule has 0 radical (unpaired) electrons. The number of carbonyl (C=O) groups is 2. The lowest BCUT2D eigenvalue weighted by Gasteiger charge is -2.38. The van der Waals surface area contributed by atoms with Gasteiger partial charge in [-0.05, 0) is 37.5 Å². The molecule has 0 spiro atoms. The van der Waals surface area contributed by atoms with Crippen LogP contribution >= 0.6 is 11.6 Å². The lowest BCUT2D eigenvalue weighted by molar-refractivity contribution is -0.129. The summed E-state index contributed by atoms with van der Waals surface area (Å²) in [6.45, 7) is 4.45. The molecule has 2 amide bonds. The van der Waals surface area contributed by atoms with Crippen LogP contribution in [0.2, 0.25) is 5.15 Å². The van der Waals surface area contributed by atoms with Crippen LogP contribution in [-0.2, 0) is 33.1 Å². The minimum Gasteiger partial charge on any atom is -0.389 e. The first-order valence-electron chi connectivity index (χ1n) is 14.0. The Morgan fingerprint density at radius 3 is 2.57 bits per heavy atom. The van der Waals surface area contributed by atoms with Crippen LogP contribution < -0.4 is 10.6 Å². The van der Waals surface area contributed by atoms with Crippen molar-refractivity contribution in [3.63, 3.8) is 0 Å². The summed E-state index contributed by atoms with van der Waals surface area (Å²) in [6, 6.07) is 1.04. The molecule has 2 aromatic rings. The molecule has 2 aliphatic heterocycles. The van der Waals surface area contributed by atoms with Crippen LogP contribution in [0, 0.1) is 24.5 Å². The number of nitrogens with one attached hydrogen (secondary N) is 2. The molecule has 2 fully saturated rings. The second-order valence-electron chi connectivity index (χ2n) is 10.9. The van der Waals surface area contributed by atoms with E-state index in [1.165, 1.54) is 23.0 Å². The number of likely N-dealkylation sites (tertiary alicyclic amines) is 1. The van der Waals surface area contributed by atoms with Crippen LogP contribution in [0.3, 0.4) is 0 Å². The zero-order chi connectivity index (χ0) is 30.8. The fourth-order valence-electron chi connectivity index (χ4n) is 5.56. The summed E-state index contributed by atoms with van der Waals surface area (Å²) >= 11 is 6.24. The number of hydrogen-bond acceptors (Lipinski definition) is 7. The number of aliphatic hydroxyl groups excluding tert-OH is 1. The van der Waals surface area contributed by atoms with Crippen LogP contribution in [0.5, 0.6) is 0 Å². The number of halogens is 3. The molecule has 2 aliphatic rings. The van der Waals surface area contributed by atoms with Crippen molar-refractivity contribution in [2.45, 2.75) is 62.6 Å². The van der Waals surface area contributed by atoms with Gasteiger partial charge >= 0.3 is 0 Å². The minimum absolute atomic E-state index is 0.0197. The average Bonchev–Trinajstić information content (AvgIpc) is 3.43. The molecule has 3 N–H and O–H groups in total. The first-order valence-corrected chi connectivity index (χ1v) is 15.8. The highest BCUT2D eigenvalue weighted by Gasteiger charge is 2.40. The van der Waals surface area contributed by atoms with Crippen LogP contribution in [0.4, 0.5) is 8.78 Å². The third kappa shape index (κ3) is 7.10. The molecule has 3 heterocycles. The molecule has 0 saturated carbocycles. The van der Waals surface area contributed by atoms with Gasteiger partial charge in [-0.1, -0.05) is 24.9 Å². The number of unbranched alkanes of at least 4 members (excludes halogenated alkanes) is 1. The van der Waals surface area contributed by atoms with E-state index in [9.17, 15) is 31.9 Å². The summed E-state index contributed by atoms with van der Waals surface area (Å²) in [6.07, 6.45) is 0.222. The molecular weight excluding hydrogens is 594 g/mol. The van der Waals surface area contributed by atoms with Crippen LogP contribution in [-0.4, -0.2) is 95.2 Å². The largest absolute Gasteiger partial charge is 0.389 e. The van der Waals surface area contributed by atoms with Crippen molar-refractivity contribution in [3.05, 3.63) is 46.2 Å². The number of rotatable bonds is 11. The van der Waals surface area contributed by atoms with E-state index in [-0.39, 0.29) is 66.2 Å². The number of benzene rings is 1. The Bertz CT molecular complexity index is 1400. The molecule has 2 saturated heterocycles. The molecule has 4 rings (SSSR count). The maximum atomic E-state index is 14.0. The molecule has 11 nitrogen and oxygen atoms in total. The number of aromatic nitrogens is 2. The third-order valence-corrected chi connectivity index (χ3v) is 10.3. The fourth-order valence-corrected chi connectivity index (χ4v) is 7.74. The average molecular weight is 631 g/mol. The number of aliphatic hydroxyl groups is 1. The highest BCUT2D eigenvalue weighted by molar-refractivity contribution is 7.89. The van der Waals surface area contributed by atoms with Gasteiger partial charge in [0.05, 0.1) is 23.8 Å². The van der Waals surface area contributed by atoms with Gasteiger partial charge < -0.3 is 20.6 Å². The summed E-state index contributed by atoms with van der Waals surface area (Å²) in [5, 5.41) is 21.5. The number of piperazine rings is 1. The number of sulfonamides is 1. The molecule has 42 heavy (non-hydrogen) atoms. The van der Waals surface area contributed by atoms with E-state index < -0.39 is 51.7 Å². The van der Waals surface area contributed by atoms with Gasteiger partial charge in [-0.2, -0.15) is 9.40 Å². The Labute approximate surface area is 249 Å². The van der Waals surface area contributed by atoms with Crippen LogP contribution in [0.15, 0.2) is 23.1 Å². The number of nitrogens with zero attached hydrogens (tertiary/aromatic N) is 4. The topological polar surface area (TPSA) is 137 Å². The molecular formula is C27H37ClF2N6O5S. The third-order valence-electron chi connectivity index (χ3n) is 7.76. The van der Waals surface area contributed by atoms with Crippen molar-refractivity contribution in [2.24, 2.45) is 13.0 Å². The van der Waals surface area contributed by atoms with E-state index in [0.29, 0.717) is 6.54 Å². The predicted octanol–water partition coefficient (Wildman–Crippen LogP) is 1.36. The van der Waals surface area contributed by atoms with E-state index in [4.69, 9.17) is 11.6 Å². The predicted molar refractivity (Wildman–Crippen MR) is 151 cm³/mol. The SMILES string of the molecule is CCCCN1CC(C(=O)NC(Cc2cc(F)cc(F)c2)[C@H](O)[C@H]2CN(S(=O)(=O)c3c(C)nn(C)c3Cl)CCN2)CC1=O. The van der Waals surface area contributed by atoms with E-state index in [2.05, 4.69) is 15.7 Å².